The fourth-order valence-electron chi connectivity index (χ4n) is 3.79. The van der Waals surface area contributed by atoms with Crippen LogP contribution in [0.4, 0.5) is 20.2 Å². The standard InChI is InChI=1S/C18H20F2N2O3S/c19-14-10-15(20)17-18(16(14)21-12-4-1-2-5-12)26(23,24)9-7-22(17)11-13-6-3-8-25-13/h3,6,8,10,12,21H,1-2,4-5,7,9,11H2. The fraction of sp³-hybridized carbons (Fsp3) is 0.444. The average molecular weight is 382 g/mol. The maximum Gasteiger partial charge on any atom is 0.184 e. The first-order chi connectivity index (χ1) is 12.5. The summed E-state index contributed by atoms with van der Waals surface area (Å²) in [6.45, 7) is 0.350. The molecule has 2 aromatic rings. The van der Waals surface area contributed by atoms with E-state index in [-0.39, 0.29) is 41.2 Å². The molecule has 0 spiro atoms. The van der Waals surface area contributed by atoms with E-state index in [1.54, 1.807) is 17.0 Å². The molecule has 4 rings (SSSR count). The van der Waals surface area contributed by atoms with Crippen molar-refractivity contribution in [2.75, 3.05) is 22.5 Å². The summed E-state index contributed by atoms with van der Waals surface area (Å²) in [5.41, 5.74) is -0.174. The Balaban J connectivity index is 1.81. The van der Waals surface area contributed by atoms with Crippen molar-refractivity contribution in [3.63, 3.8) is 0 Å². The van der Waals surface area contributed by atoms with Gasteiger partial charge in [0.25, 0.3) is 0 Å². The van der Waals surface area contributed by atoms with Crippen molar-refractivity contribution in [1.29, 1.82) is 0 Å². The van der Waals surface area contributed by atoms with Gasteiger partial charge in [-0.3, -0.25) is 0 Å². The highest BCUT2D eigenvalue weighted by Crippen LogP contribution is 2.41. The molecule has 140 valence electrons. The van der Waals surface area contributed by atoms with Gasteiger partial charge in [0.05, 0.1) is 29.9 Å². The summed E-state index contributed by atoms with van der Waals surface area (Å²) in [6, 6.07) is 4.23. The Bertz CT molecular complexity index is 907. The van der Waals surface area contributed by atoms with Crippen molar-refractivity contribution >= 4 is 21.2 Å². The SMILES string of the molecule is O=S1(=O)CCN(Cc2ccco2)c2c(F)cc(F)c(NC3CCCC3)c21. The molecule has 0 unspecified atom stereocenters. The van der Waals surface area contributed by atoms with Crippen LogP contribution in [0.2, 0.25) is 0 Å². The highest BCUT2D eigenvalue weighted by Gasteiger charge is 2.36. The van der Waals surface area contributed by atoms with E-state index in [9.17, 15) is 17.2 Å². The van der Waals surface area contributed by atoms with Crippen molar-refractivity contribution in [2.45, 2.75) is 43.2 Å². The molecule has 1 N–H and O–H groups in total. The molecule has 8 heteroatoms. The summed E-state index contributed by atoms with van der Waals surface area (Å²) in [4.78, 5) is 1.34. The van der Waals surface area contributed by atoms with E-state index in [1.807, 2.05) is 0 Å². The Morgan fingerprint density at radius 3 is 2.69 bits per heavy atom. The Labute approximate surface area is 150 Å². The van der Waals surface area contributed by atoms with Gasteiger partial charge in [0.15, 0.2) is 21.5 Å². The molecule has 1 aromatic carbocycles. The summed E-state index contributed by atoms with van der Waals surface area (Å²) < 4.78 is 59.9. The summed E-state index contributed by atoms with van der Waals surface area (Å²) >= 11 is 0. The van der Waals surface area contributed by atoms with Crippen LogP contribution in [0.1, 0.15) is 31.4 Å². The number of anilines is 2. The van der Waals surface area contributed by atoms with Crippen LogP contribution >= 0.6 is 0 Å². The van der Waals surface area contributed by atoms with Gasteiger partial charge in [-0.1, -0.05) is 12.8 Å². The van der Waals surface area contributed by atoms with Crippen LogP contribution < -0.4 is 10.2 Å². The van der Waals surface area contributed by atoms with Gasteiger partial charge in [0, 0.05) is 18.7 Å². The monoisotopic (exact) mass is 382 g/mol. The van der Waals surface area contributed by atoms with Gasteiger partial charge in [0.2, 0.25) is 0 Å². The number of rotatable bonds is 4. The minimum Gasteiger partial charge on any atom is -0.467 e. The molecular formula is C18H20F2N2O3S. The summed E-state index contributed by atoms with van der Waals surface area (Å²) in [6.07, 6.45) is 5.23. The summed E-state index contributed by atoms with van der Waals surface area (Å²) in [7, 11) is -3.79. The van der Waals surface area contributed by atoms with Gasteiger partial charge in [-0.2, -0.15) is 0 Å². The largest absolute Gasteiger partial charge is 0.467 e. The molecule has 1 aliphatic carbocycles. The Morgan fingerprint density at radius 1 is 1.23 bits per heavy atom. The number of benzene rings is 1. The van der Waals surface area contributed by atoms with Crippen LogP contribution in [0.3, 0.4) is 0 Å². The molecule has 0 saturated heterocycles. The van der Waals surface area contributed by atoms with Gasteiger partial charge >= 0.3 is 0 Å². The quantitative estimate of drug-likeness (QED) is 0.874. The number of furan rings is 1. The number of halogens is 2. The molecular weight excluding hydrogens is 362 g/mol. The van der Waals surface area contributed by atoms with Gasteiger partial charge in [-0.15, -0.1) is 0 Å². The van der Waals surface area contributed by atoms with E-state index >= 15 is 0 Å². The van der Waals surface area contributed by atoms with Crippen molar-refractivity contribution in [3.8, 4) is 0 Å². The van der Waals surface area contributed by atoms with Gasteiger partial charge < -0.3 is 14.6 Å². The van der Waals surface area contributed by atoms with Crippen LogP contribution in [0.15, 0.2) is 33.8 Å². The first-order valence-corrected chi connectivity index (χ1v) is 10.4. The molecule has 2 heterocycles. The second kappa shape index (κ2) is 6.57. The predicted octanol–water partition coefficient (Wildman–Crippen LogP) is 3.71. The Hall–Kier alpha value is -2.09. The molecule has 5 nitrogen and oxygen atoms in total. The first-order valence-electron chi connectivity index (χ1n) is 8.74. The number of nitrogens with zero attached hydrogens (tertiary/aromatic N) is 1. The van der Waals surface area contributed by atoms with Crippen molar-refractivity contribution in [3.05, 3.63) is 41.9 Å². The second-order valence-electron chi connectivity index (χ2n) is 6.84. The number of sulfone groups is 1. The lowest BCUT2D eigenvalue weighted by atomic mass is 10.1. The molecule has 2 aliphatic rings. The Morgan fingerprint density at radius 2 is 2.00 bits per heavy atom. The molecule has 0 bridgehead atoms. The lowest BCUT2D eigenvalue weighted by molar-refractivity contribution is 0.496. The van der Waals surface area contributed by atoms with Gasteiger partial charge in [-0.05, 0) is 25.0 Å². The fourth-order valence-corrected chi connectivity index (χ4v) is 5.44. The third kappa shape index (κ3) is 3.06. The zero-order valence-corrected chi connectivity index (χ0v) is 15.0. The van der Waals surface area contributed by atoms with E-state index in [2.05, 4.69) is 5.32 Å². The zero-order valence-electron chi connectivity index (χ0n) is 14.2. The maximum atomic E-state index is 14.6. The summed E-state index contributed by atoms with van der Waals surface area (Å²) in [5.74, 6) is -1.34. The van der Waals surface area contributed by atoms with Crippen molar-refractivity contribution < 1.29 is 21.6 Å². The second-order valence-corrected chi connectivity index (χ2v) is 8.88. The van der Waals surface area contributed by atoms with E-state index in [0.29, 0.717) is 5.76 Å². The predicted molar refractivity (Wildman–Crippen MR) is 94.0 cm³/mol. The topological polar surface area (TPSA) is 62.6 Å². The van der Waals surface area contributed by atoms with Gasteiger partial charge in [0.1, 0.15) is 10.7 Å². The smallest absolute Gasteiger partial charge is 0.184 e. The van der Waals surface area contributed by atoms with Crippen LogP contribution in [0.25, 0.3) is 0 Å². The normalized spacial score (nSPS) is 19.5. The maximum absolute atomic E-state index is 14.6. The lowest BCUT2D eigenvalue weighted by Crippen LogP contribution is -2.36. The Kier molecular flexibility index (Phi) is 4.38. The molecule has 0 amide bonds. The van der Waals surface area contributed by atoms with Crippen LogP contribution in [0, 0.1) is 11.6 Å². The third-order valence-corrected chi connectivity index (χ3v) is 6.79. The van der Waals surface area contributed by atoms with Crippen molar-refractivity contribution in [1.82, 2.24) is 0 Å². The van der Waals surface area contributed by atoms with E-state index < -0.39 is 21.5 Å². The minimum absolute atomic E-state index is 0.00899. The number of nitrogens with one attached hydrogen (secondary N) is 1. The van der Waals surface area contributed by atoms with E-state index in [0.717, 1.165) is 31.7 Å². The van der Waals surface area contributed by atoms with E-state index in [4.69, 9.17) is 4.42 Å². The molecule has 0 atom stereocenters. The number of hydrogen-bond donors (Lipinski definition) is 1. The van der Waals surface area contributed by atoms with Crippen molar-refractivity contribution in [2.24, 2.45) is 0 Å². The first kappa shape index (κ1) is 17.3. The minimum atomic E-state index is -3.79. The molecule has 1 aliphatic heterocycles. The lowest BCUT2D eigenvalue weighted by Gasteiger charge is -2.32. The van der Waals surface area contributed by atoms with Crippen LogP contribution in [-0.2, 0) is 16.4 Å². The average Bonchev–Trinajstić information content (AvgIpc) is 3.27. The zero-order chi connectivity index (χ0) is 18.3. The van der Waals surface area contributed by atoms with Crippen LogP contribution in [-0.4, -0.2) is 26.8 Å². The number of hydrogen-bond acceptors (Lipinski definition) is 5. The number of fused-ring (bicyclic) bond motifs is 1. The van der Waals surface area contributed by atoms with Crippen LogP contribution in [0.5, 0.6) is 0 Å². The summed E-state index contributed by atoms with van der Waals surface area (Å²) in [5, 5.41) is 3.03. The molecule has 0 radical (unpaired) electrons. The van der Waals surface area contributed by atoms with E-state index in [1.165, 1.54) is 6.26 Å². The van der Waals surface area contributed by atoms with Gasteiger partial charge in [-0.25, -0.2) is 17.2 Å². The molecule has 26 heavy (non-hydrogen) atoms. The third-order valence-electron chi connectivity index (χ3n) is 5.05. The molecule has 1 fully saturated rings. The molecule has 1 saturated carbocycles. The highest BCUT2D eigenvalue weighted by molar-refractivity contribution is 7.91. The highest BCUT2D eigenvalue weighted by atomic mass is 32.2. The molecule has 1 aromatic heterocycles.